The van der Waals surface area contributed by atoms with Gasteiger partial charge in [0.05, 0.1) is 22.3 Å². The Hall–Kier alpha value is -4.97. The molecule has 0 aliphatic rings. The van der Waals surface area contributed by atoms with Crippen molar-refractivity contribution in [3.63, 3.8) is 0 Å². The van der Waals surface area contributed by atoms with Crippen molar-refractivity contribution in [2.24, 2.45) is 0 Å². The number of halogens is 6. The topological polar surface area (TPSA) is 125 Å². The summed E-state index contributed by atoms with van der Waals surface area (Å²) in [4.78, 5) is 12.5. The van der Waals surface area contributed by atoms with Crippen molar-refractivity contribution in [3.05, 3.63) is 96.4 Å². The van der Waals surface area contributed by atoms with Crippen molar-refractivity contribution in [1.29, 1.82) is 0 Å². The van der Waals surface area contributed by atoms with E-state index in [1.54, 1.807) is 18.3 Å². The number of rotatable bonds is 10. The number of alkyl halides is 6. The summed E-state index contributed by atoms with van der Waals surface area (Å²) in [5.41, 5.74) is -0.493. The zero-order chi connectivity index (χ0) is 34.9. The van der Waals surface area contributed by atoms with Crippen molar-refractivity contribution < 1.29 is 60.1 Å². The number of hydrogen-bond donors (Lipinski definition) is 2. The summed E-state index contributed by atoms with van der Waals surface area (Å²) in [5, 5.41) is 18.9. The van der Waals surface area contributed by atoms with E-state index in [-0.39, 0.29) is 36.4 Å². The molecular formula is C31H26BF6N3O7. The lowest BCUT2D eigenvalue weighted by Crippen LogP contribution is -2.32. The molecule has 0 spiro atoms. The van der Waals surface area contributed by atoms with Crippen LogP contribution in [0.3, 0.4) is 0 Å². The summed E-state index contributed by atoms with van der Waals surface area (Å²) in [6.07, 6.45) is -6.08. The molecule has 0 atom stereocenters. The molecule has 10 nitrogen and oxygen atoms in total. The monoisotopic (exact) mass is 677 g/mol. The third-order valence-electron chi connectivity index (χ3n) is 6.31. The number of benzene rings is 3. The number of nitrogens with zero attached hydrogens (tertiary/aromatic N) is 3. The van der Waals surface area contributed by atoms with Crippen LogP contribution in [0.5, 0.6) is 23.1 Å². The van der Waals surface area contributed by atoms with Crippen LogP contribution in [0, 0.1) is 0 Å². The van der Waals surface area contributed by atoms with E-state index in [9.17, 15) is 26.3 Å². The molecule has 0 fully saturated rings. The number of ether oxygens (including phenoxy) is 5. The lowest BCUT2D eigenvalue weighted by Gasteiger charge is -2.14. The first-order valence-electron chi connectivity index (χ1n) is 13.7. The molecular weight excluding hydrogens is 651 g/mol. The van der Waals surface area contributed by atoms with Crippen LogP contribution < -0.4 is 19.7 Å². The van der Waals surface area contributed by atoms with Gasteiger partial charge in [-0.3, -0.25) is 4.98 Å². The zero-order valence-electron chi connectivity index (χ0n) is 25.1. The maximum atomic E-state index is 13.1. The zero-order valence-corrected chi connectivity index (χ0v) is 25.1. The van der Waals surface area contributed by atoms with Gasteiger partial charge in [0.2, 0.25) is 5.88 Å². The molecule has 5 aromatic rings. The van der Waals surface area contributed by atoms with Crippen molar-refractivity contribution in [2.45, 2.75) is 12.4 Å². The van der Waals surface area contributed by atoms with Gasteiger partial charge in [-0.05, 0) is 42.5 Å². The van der Waals surface area contributed by atoms with Crippen LogP contribution in [0.2, 0.25) is 0 Å². The van der Waals surface area contributed by atoms with Gasteiger partial charge in [-0.15, -0.1) is 0 Å². The highest BCUT2D eigenvalue weighted by atomic mass is 19.4. The van der Waals surface area contributed by atoms with Crippen molar-refractivity contribution in [1.82, 2.24) is 15.0 Å². The minimum absolute atomic E-state index is 0.0174. The first kappa shape index (κ1) is 35.9. The lowest BCUT2D eigenvalue weighted by molar-refractivity contribution is -0.138. The number of pyridine rings is 1. The SMILES string of the molecule is COCOc1cc(C(F)(F)F)ccc1-c1cc(Oc2ccc3cccnc3c2)ncn1.COCOc1cc(C(F)(F)F)ccc1B(O)O. The van der Waals surface area contributed by atoms with E-state index in [0.29, 0.717) is 23.1 Å². The minimum Gasteiger partial charge on any atom is -0.468 e. The highest BCUT2D eigenvalue weighted by molar-refractivity contribution is 6.59. The molecule has 0 bridgehead atoms. The standard InChI is InChI=1S/C22H16F3N3O3.C9H10BF3O4/c1-29-13-30-20-9-15(22(23,24)25)5-7-17(20)19-11-21(28-12-27-19)31-16-6-4-14-3-2-8-26-18(14)10-16;1-16-5-17-8-4-6(9(11,12)13)2-3-7(8)10(14)15/h2-12H,13H2,1H3;2-4,14-15H,5H2,1H3. The van der Waals surface area contributed by atoms with E-state index in [0.717, 1.165) is 35.2 Å². The molecule has 0 radical (unpaired) electrons. The highest BCUT2D eigenvalue weighted by Crippen LogP contribution is 2.37. The molecule has 2 heterocycles. The Labute approximate surface area is 269 Å². The third kappa shape index (κ3) is 9.54. The molecule has 2 N–H and O–H groups in total. The molecule has 17 heteroatoms. The average Bonchev–Trinajstić information content (AvgIpc) is 3.05. The van der Waals surface area contributed by atoms with Gasteiger partial charge in [0, 0.05) is 49.0 Å². The Balaban J connectivity index is 0.000000260. The molecule has 0 saturated carbocycles. The molecule has 2 aromatic heterocycles. The van der Waals surface area contributed by atoms with E-state index in [2.05, 4.69) is 19.7 Å². The molecule has 0 saturated heterocycles. The molecule has 0 aliphatic carbocycles. The summed E-state index contributed by atoms with van der Waals surface area (Å²) in [5.74, 6) is 0.435. The Kier molecular flexibility index (Phi) is 11.8. The summed E-state index contributed by atoms with van der Waals surface area (Å²) in [6.45, 7) is -0.506. The maximum Gasteiger partial charge on any atom is 0.492 e. The van der Waals surface area contributed by atoms with Gasteiger partial charge >= 0.3 is 19.5 Å². The van der Waals surface area contributed by atoms with Crippen molar-refractivity contribution in [3.8, 4) is 34.4 Å². The second-order valence-corrected chi connectivity index (χ2v) is 9.64. The Morgan fingerprint density at radius 3 is 2.00 bits per heavy atom. The molecule has 0 aliphatic heterocycles. The van der Waals surface area contributed by atoms with E-state index < -0.39 is 30.6 Å². The second kappa shape index (κ2) is 15.8. The van der Waals surface area contributed by atoms with Gasteiger partial charge in [0.15, 0.2) is 13.6 Å². The second-order valence-electron chi connectivity index (χ2n) is 9.64. The fraction of sp³-hybridized carbons (Fsp3) is 0.194. The lowest BCUT2D eigenvalue weighted by atomic mass is 9.79. The molecule has 0 amide bonds. The number of hydrogen-bond acceptors (Lipinski definition) is 10. The van der Waals surface area contributed by atoms with Gasteiger partial charge < -0.3 is 33.7 Å². The van der Waals surface area contributed by atoms with Gasteiger partial charge in [-0.2, -0.15) is 26.3 Å². The van der Waals surface area contributed by atoms with Gasteiger partial charge in [-0.1, -0.05) is 18.2 Å². The number of aromatic nitrogens is 3. The quantitative estimate of drug-likeness (QED) is 0.106. The molecule has 48 heavy (non-hydrogen) atoms. The largest absolute Gasteiger partial charge is 0.492 e. The third-order valence-corrected chi connectivity index (χ3v) is 6.31. The Bertz CT molecular complexity index is 1830. The van der Waals surface area contributed by atoms with Crippen LogP contribution in [-0.4, -0.2) is 59.9 Å². The normalized spacial score (nSPS) is 11.5. The predicted octanol–water partition coefficient (Wildman–Crippen LogP) is 5.85. The van der Waals surface area contributed by atoms with Crippen LogP contribution in [0.25, 0.3) is 22.2 Å². The first-order valence-corrected chi connectivity index (χ1v) is 13.7. The fourth-order valence-electron chi connectivity index (χ4n) is 4.10. The van der Waals surface area contributed by atoms with Crippen molar-refractivity contribution >= 4 is 23.5 Å². The molecule has 252 valence electrons. The van der Waals surface area contributed by atoms with Crippen LogP contribution in [0.4, 0.5) is 26.3 Å². The number of methoxy groups -OCH3 is 2. The van der Waals surface area contributed by atoms with Crippen LogP contribution in [-0.2, 0) is 21.8 Å². The van der Waals surface area contributed by atoms with Crippen molar-refractivity contribution in [2.75, 3.05) is 27.8 Å². The smallest absolute Gasteiger partial charge is 0.468 e. The summed E-state index contributed by atoms with van der Waals surface area (Å²) < 4.78 is 102. The van der Waals surface area contributed by atoms with Gasteiger partial charge in [0.25, 0.3) is 0 Å². The first-order chi connectivity index (χ1) is 22.8. The van der Waals surface area contributed by atoms with E-state index >= 15 is 0 Å². The predicted molar refractivity (Wildman–Crippen MR) is 161 cm³/mol. The molecule has 5 rings (SSSR count). The van der Waals surface area contributed by atoms with Gasteiger partial charge in [0.1, 0.15) is 23.6 Å². The Morgan fingerprint density at radius 1 is 0.708 bits per heavy atom. The van der Waals surface area contributed by atoms with Gasteiger partial charge in [-0.25, -0.2) is 9.97 Å². The van der Waals surface area contributed by atoms with Crippen LogP contribution in [0.1, 0.15) is 11.1 Å². The van der Waals surface area contributed by atoms with Crippen LogP contribution in [0.15, 0.2) is 85.3 Å². The number of fused-ring (bicyclic) bond motifs is 1. The maximum absolute atomic E-state index is 13.1. The van der Waals surface area contributed by atoms with E-state index in [1.807, 2.05) is 18.2 Å². The molecule has 0 unspecified atom stereocenters. The van der Waals surface area contributed by atoms with Crippen LogP contribution >= 0.6 is 0 Å². The van der Waals surface area contributed by atoms with E-state index in [4.69, 9.17) is 29.0 Å². The van der Waals surface area contributed by atoms with E-state index in [1.165, 1.54) is 32.7 Å². The average molecular weight is 677 g/mol. The Morgan fingerprint density at radius 2 is 1.35 bits per heavy atom. The minimum atomic E-state index is -4.52. The fourth-order valence-corrected chi connectivity index (χ4v) is 4.10. The molecule has 3 aromatic carbocycles. The summed E-state index contributed by atoms with van der Waals surface area (Å²) >= 11 is 0. The summed E-state index contributed by atoms with van der Waals surface area (Å²) in [6, 6.07) is 16.2. The summed E-state index contributed by atoms with van der Waals surface area (Å²) in [7, 11) is 0.759. The highest BCUT2D eigenvalue weighted by Gasteiger charge is 2.33.